The summed E-state index contributed by atoms with van der Waals surface area (Å²) in [5.41, 5.74) is 6.60. The topological polar surface area (TPSA) is 68.3 Å². The van der Waals surface area contributed by atoms with Crippen LogP contribution in [0.25, 0.3) is 0 Å². The van der Waals surface area contributed by atoms with Gasteiger partial charge in [0.25, 0.3) is 0 Å². The fourth-order valence-electron chi connectivity index (χ4n) is 1.74. The van der Waals surface area contributed by atoms with E-state index in [2.05, 4.69) is 6.07 Å². The van der Waals surface area contributed by atoms with Gasteiger partial charge in [-0.05, 0) is 12.1 Å². The largest absolute Gasteiger partial charge is 0.489 e. The van der Waals surface area contributed by atoms with Crippen molar-refractivity contribution in [1.82, 2.24) is 0 Å². The van der Waals surface area contributed by atoms with Crippen LogP contribution < -0.4 is 10.5 Å². The molecule has 0 spiro atoms. The van der Waals surface area contributed by atoms with Gasteiger partial charge in [0.1, 0.15) is 23.5 Å². The Bertz CT molecular complexity index is 406. The Labute approximate surface area is 94.6 Å². The maximum atomic E-state index is 8.99. The number of hydrogen-bond donors (Lipinski definition) is 1. The number of anilines is 1. The molecule has 84 valence electrons. The van der Waals surface area contributed by atoms with Gasteiger partial charge in [-0.2, -0.15) is 5.26 Å². The molecule has 2 N–H and O–H groups in total. The minimum Gasteiger partial charge on any atom is -0.489 e. The molecule has 1 aromatic carbocycles. The molecular formula is C12H14N2O2. The molecule has 16 heavy (non-hydrogen) atoms. The van der Waals surface area contributed by atoms with Gasteiger partial charge in [-0.1, -0.05) is 6.07 Å². The lowest BCUT2D eigenvalue weighted by Gasteiger charge is -2.23. The van der Waals surface area contributed by atoms with E-state index in [1.54, 1.807) is 18.2 Å². The maximum absolute atomic E-state index is 8.99. The van der Waals surface area contributed by atoms with Crippen LogP contribution in [0.15, 0.2) is 18.2 Å². The number of ether oxygens (including phenoxy) is 2. The average Bonchev–Trinajstić information content (AvgIpc) is 2.31. The van der Waals surface area contributed by atoms with Crippen LogP contribution in [-0.4, -0.2) is 19.3 Å². The van der Waals surface area contributed by atoms with Gasteiger partial charge < -0.3 is 15.2 Å². The molecule has 1 fully saturated rings. The first-order valence-electron chi connectivity index (χ1n) is 5.34. The van der Waals surface area contributed by atoms with Crippen LogP contribution in [0, 0.1) is 11.3 Å². The van der Waals surface area contributed by atoms with Gasteiger partial charge >= 0.3 is 0 Å². The van der Waals surface area contributed by atoms with Crippen molar-refractivity contribution < 1.29 is 9.47 Å². The van der Waals surface area contributed by atoms with E-state index >= 15 is 0 Å². The van der Waals surface area contributed by atoms with Crippen LogP contribution in [0.4, 0.5) is 5.69 Å². The minimum atomic E-state index is 0.127. The van der Waals surface area contributed by atoms with Crippen LogP contribution in [0.5, 0.6) is 5.75 Å². The van der Waals surface area contributed by atoms with E-state index < -0.39 is 0 Å². The number of rotatable bonds is 2. The summed E-state index contributed by atoms with van der Waals surface area (Å²) in [7, 11) is 0. The smallest absolute Gasteiger partial charge is 0.139 e. The highest BCUT2D eigenvalue weighted by Gasteiger charge is 2.17. The van der Waals surface area contributed by atoms with E-state index in [9.17, 15) is 0 Å². The number of benzene rings is 1. The predicted molar refractivity (Wildman–Crippen MR) is 60.0 cm³/mol. The lowest BCUT2D eigenvalue weighted by molar-refractivity contribution is 0.0255. The highest BCUT2D eigenvalue weighted by molar-refractivity contribution is 5.60. The van der Waals surface area contributed by atoms with Crippen LogP contribution in [0.1, 0.15) is 18.4 Å². The number of nitrogens with zero attached hydrogens (tertiary/aromatic N) is 1. The molecule has 0 unspecified atom stereocenters. The van der Waals surface area contributed by atoms with Crippen LogP contribution in [0.3, 0.4) is 0 Å². The number of nitrogen functional groups attached to an aromatic ring is 1. The summed E-state index contributed by atoms with van der Waals surface area (Å²) < 4.78 is 11.0. The van der Waals surface area contributed by atoms with E-state index in [1.165, 1.54) is 0 Å². The fraction of sp³-hybridized carbons (Fsp3) is 0.417. The molecule has 0 saturated carbocycles. The van der Waals surface area contributed by atoms with E-state index in [-0.39, 0.29) is 6.10 Å². The molecule has 0 aromatic heterocycles. The maximum Gasteiger partial charge on any atom is 0.139 e. The average molecular weight is 218 g/mol. The molecule has 1 heterocycles. The molecule has 0 atom stereocenters. The Morgan fingerprint density at radius 3 is 2.81 bits per heavy atom. The van der Waals surface area contributed by atoms with Gasteiger partial charge in [0, 0.05) is 12.8 Å². The zero-order valence-electron chi connectivity index (χ0n) is 8.98. The fourth-order valence-corrected chi connectivity index (χ4v) is 1.74. The Morgan fingerprint density at radius 1 is 1.38 bits per heavy atom. The summed E-state index contributed by atoms with van der Waals surface area (Å²) in [6.45, 7) is 1.43. The van der Waals surface area contributed by atoms with E-state index in [4.69, 9.17) is 20.5 Å². The first-order chi connectivity index (χ1) is 7.81. The van der Waals surface area contributed by atoms with Gasteiger partial charge in [0.2, 0.25) is 0 Å². The van der Waals surface area contributed by atoms with Crippen LogP contribution in [0.2, 0.25) is 0 Å². The molecule has 0 amide bonds. The summed E-state index contributed by atoms with van der Waals surface area (Å²) in [4.78, 5) is 0. The lowest BCUT2D eigenvalue weighted by Crippen LogP contribution is -2.26. The molecule has 1 aliphatic rings. The first kappa shape index (κ1) is 10.8. The monoisotopic (exact) mass is 218 g/mol. The van der Waals surface area contributed by atoms with Crippen molar-refractivity contribution in [2.75, 3.05) is 18.9 Å². The minimum absolute atomic E-state index is 0.127. The van der Waals surface area contributed by atoms with Crippen LogP contribution in [-0.2, 0) is 4.74 Å². The van der Waals surface area contributed by atoms with E-state index in [1.807, 2.05) is 0 Å². The lowest BCUT2D eigenvalue weighted by atomic mass is 10.1. The Hall–Kier alpha value is -1.73. The molecule has 4 nitrogen and oxygen atoms in total. The second-order valence-electron chi connectivity index (χ2n) is 3.76. The first-order valence-corrected chi connectivity index (χ1v) is 5.34. The molecule has 1 saturated heterocycles. The summed E-state index contributed by atoms with van der Waals surface area (Å²) in [5, 5.41) is 8.99. The van der Waals surface area contributed by atoms with Crippen LogP contribution >= 0.6 is 0 Å². The molecule has 1 aliphatic heterocycles. The zero-order valence-corrected chi connectivity index (χ0v) is 8.98. The Balaban J connectivity index is 2.14. The molecule has 1 aromatic rings. The number of hydrogen-bond acceptors (Lipinski definition) is 4. The summed E-state index contributed by atoms with van der Waals surface area (Å²) in [5.74, 6) is 0.578. The molecule has 0 bridgehead atoms. The van der Waals surface area contributed by atoms with E-state index in [0.717, 1.165) is 26.1 Å². The molecule has 0 radical (unpaired) electrons. The van der Waals surface area contributed by atoms with Crippen molar-refractivity contribution >= 4 is 5.69 Å². The molecular weight excluding hydrogens is 204 g/mol. The zero-order chi connectivity index (χ0) is 11.4. The van der Waals surface area contributed by atoms with Crippen molar-refractivity contribution in [3.05, 3.63) is 23.8 Å². The molecule has 0 aliphatic carbocycles. The van der Waals surface area contributed by atoms with Gasteiger partial charge in [-0.25, -0.2) is 0 Å². The van der Waals surface area contributed by atoms with Crippen molar-refractivity contribution in [1.29, 1.82) is 5.26 Å². The van der Waals surface area contributed by atoms with E-state index in [0.29, 0.717) is 17.0 Å². The number of nitriles is 1. The quantitative estimate of drug-likeness (QED) is 0.767. The standard InChI is InChI=1S/C12H14N2O2/c13-8-10-11(14)2-1-3-12(10)16-9-4-6-15-7-5-9/h1-3,9H,4-7,14H2. The highest BCUT2D eigenvalue weighted by atomic mass is 16.5. The number of nitrogens with two attached hydrogens (primary N) is 1. The van der Waals surface area contributed by atoms with Crippen molar-refractivity contribution in [2.45, 2.75) is 18.9 Å². The summed E-state index contributed by atoms with van der Waals surface area (Å²) >= 11 is 0. The Kier molecular flexibility index (Phi) is 3.28. The third-order valence-electron chi connectivity index (χ3n) is 2.63. The van der Waals surface area contributed by atoms with Crippen molar-refractivity contribution in [2.24, 2.45) is 0 Å². The second-order valence-corrected chi connectivity index (χ2v) is 3.76. The molecule has 2 rings (SSSR count). The van der Waals surface area contributed by atoms with Gasteiger partial charge in [-0.3, -0.25) is 0 Å². The highest BCUT2D eigenvalue weighted by Crippen LogP contribution is 2.26. The second kappa shape index (κ2) is 4.86. The normalized spacial score (nSPS) is 16.7. The summed E-state index contributed by atoms with van der Waals surface area (Å²) in [6, 6.07) is 7.35. The molecule has 4 heteroatoms. The third-order valence-corrected chi connectivity index (χ3v) is 2.63. The summed E-state index contributed by atoms with van der Waals surface area (Å²) in [6.07, 6.45) is 1.85. The van der Waals surface area contributed by atoms with Gasteiger partial charge in [-0.15, -0.1) is 0 Å². The third kappa shape index (κ3) is 2.26. The van der Waals surface area contributed by atoms with Gasteiger partial charge in [0.15, 0.2) is 0 Å². The SMILES string of the molecule is N#Cc1c(N)cccc1OC1CCOCC1. The van der Waals surface area contributed by atoms with Crippen molar-refractivity contribution in [3.63, 3.8) is 0 Å². The Morgan fingerprint density at radius 2 is 2.12 bits per heavy atom. The predicted octanol–water partition coefficient (Wildman–Crippen LogP) is 1.70. The van der Waals surface area contributed by atoms with Gasteiger partial charge in [0.05, 0.1) is 18.9 Å². The van der Waals surface area contributed by atoms with Crippen molar-refractivity contribution in [3.8, 4) is 11.8 Å².